The molecule has 2 rings (SSSR count). The van der Waals surface area contributed by atoms with Crippen LogP contribution >= 0.6 is 0 Å². The van der Waals surface area contributed by atoms with E-state index in [1.54, 1.807) is 0 Å². The molecule has 138 valence electrons. The highest BCUT2D eigenvalue weighted by atomic mass is 32.2. The number of nitrogens with zero attached hydrogens (tertiary/aromatic N) is 1. The molecule has 1 aromatic carbocycles. The van der Waals surface area contributed by atoms with Crippen LogP contribution in [0, 0.1) is 12.7 Å². The van der Waals surface area contributed by atoms with Crippen molar-refractivity contribution in [1.82, 2.24) is 5.16 Å². The van der Waals surface area contributed by atoms with Crippen LogP contribution in [-0.2, 0) is 16.0 Å². The van der Waals surface area contributed by atoms with Gasteiger partial charge in [-0.05, 0) is 24.6 Å². The first-order valence-corrected chi connectivity index (χ1v) is 8.00. The molecule has 12 heteroatoms. The first kappa shape index (κ1) is 19.2. The summed E-state index contributed by atoms with van der Waals surface area (Å²) in [4.78, 5) is -0.863. The van der Waals surface area contributed by atoms with Crippen LogP contribution in [0.3, 0.4) is 0 Å². The average Bonchev–Trinajstić information content (AvgIpc) is 2.84. The lowest BCUT2D eigenvalue weighted by Gasteiger charge is -2.12. The zero-order chi connectivity index (χ0) is 19.2. The average molecular weight is 391 g/mol. The van der Waals surface area contributed by atoms with Gasteiger partial charge >= 0.3 is 12.4 Å². The molecular weight excluding hydrogens is 383 g/mol. The second kappa shape index (κ2) is 6.00. The van der Waals surface area contributed by atoms with Crippen LogP contribution < -0.4 is 0 Å². The SMILES string of the molecule is Cc1cc(F)c(-c2cc(C(F)(F)F)on2)cc1S(=O)(=O)CC(F)(F)F. The van der Waals surface area contributed by atoms with Crippen LogP contribution in [0.25, 0.3) is 11.3 Å². The number of rotatable bonds is 3. The van der Waals surface area contributed by atoms with E-state index in [2.05, 4.69) is 9.68 Å². The second-order valence-electron chi connectivity index (χ2n) is 5.05. The van der Waals surface area contributed by atoms with E-state index in [0.717, 1.165) is 6.92 Å². The molecule has 0 bridgehead atoms. The van der Waals surface area contributed by atoms with E-state index in [1.165, 1.54) is 0 Å². The molecule has 1 aromatic heterocycles. The molecule has 0 aliphatic rings. The zero-order valence-corrected chi connectivity index (χ0v) is 13.0. The minimum Gasteiger partial charge on any atom is -0.351 e. The Balaban J connectivity index is 2.57. The summed E-state index contributed by atoms with van der Waals surface area (Å²) >= 11 is 0. The lowest BCUT2D eigenvalue weighted by Crippen LogP contribution is -2.23. The Morgan fingerprint density at radius 3 is 2.16 bits per heavy atom. The van der Waals surface area contributed by atoms with Crippen molar-refractivity contribution in [2.45, 2.75) is 24.2 Å². The maximum absolute atomic E-state index is 14.0. The van der Waals surface area contributed by atoms with Gasteiger partial charge in [0.1, 0.15) is 11.5 Å². The van der Waals surface area contributed by atoms with Gasteiger partial charge in [0.05, 0.1) is 4.90 Å². The highest BCUT2D eigenvalue weighted by molar-refractivity contribution is 7.91. The normalized spacial score (nSPS) is 13.3. The van der Waals surface area contributed by atoms with Crippen molar-refractivity contribution < 1.29 is 43.7 Å². The molecule has 0 aliphatic carbocycles. The number of halogens is 7. The minimum atomic E-state index is -5.04. The van der Waals surface area contributed by atoms with Crippen molar-refractivity contribution in [3.8, 4) is 11.3 Å². The third-order valence-electron chi connectivity index (χ3n) is 3.02. The van der Waals surface area contributed by atoms with E-state index in [4.69, 9.17) is 0 Å². The second-order valence-corrected chi connectivity index (χ2v) is 7.00. The van der Waals surface area contributed by atoms with Gasteiger partial charge in [0, 0.05) is 11.6 Å². The molecule has 0 saturated carbocycles. The van der Waals surface area contributed by atoms with E-state index in [0.29, 0.717) is 18.2 Å². The fraction of sp³-hybridized carbons (Fsp3) is 0.308. The quantitative estimate of drug-likeness (QED) is 0.583. The number of benzene rings is 1. The molecular formula is C13H8F7NO3S. The van der Waals surface area contributed by atoms with E-state index in [-0.39, 0.29) is 5.56 Å². The monoisotopic (exact) mass is 391 g/mol. The molecule has 4 nitrogen and oxygen atoms in total. The molecule has 0 atom stereocenters. The van der Waals surface area contributed by atoms with Crippen molar-refractivity contribution in [2.24, 2.45) is 0 Å². The van der Waals surface area contributed by atoms with Gasteiger partial charge in [-0.25, -0.2) is 12.8 Å². The van der Waals surface area contributed by atoms with Gasteiger partial charge in [-0.15, -0.1) is 0 Å². The Kier molecular flexibility index (Phi) is 4.61. The Morgan fingerprint density at radius 2 is 1.68 bits per heavy atom. The van der Waals surface area contributed by atoms with Gasteiger partial charge in [0.2, 0.25) is 5.76 Å². The molecule has 1 heterocycles. The number of hydrogen-bond donors (Lipinski definition) is 0. The third-order valence-corrected chi connectivity index (χ3v) is 4.84. The Bertz CT molecular complexity index is 897. The van der Waals surface area contributed by atoms with Crippen LogP contribution in [0.1, 0.15) is 11.3 Å². The molecule has 0 saturated heterocycles. The van der Waals surface area contributed by atoms with Gasteiger partial charge in [-0.2, -0.15) is 26.3 Å². The summed E-state index contributed by atoms with van der Waals surface area (Å²) in [6, 6.07) is 1.41. The first-order chi connectivity index (χ1) is 11.2. The van der Waals surface area contributed by atoms with Crippen LogP contribution in [-0.4, -0.2) is 25.5 Å². The number of aromatic nitrogens is 1. The highest BCUT2D eigenvalue weighted by Gasteiger charge is 2.38. The molecule has 0 radical (unpaired) electrons. The smallest absolute Gasteiger partial charge is 0.351 e. The fourth-order valence-electron chi connectivity index (χ4n) is 2.01. The first-order valence-electron chi connectivity index (χ1n) is 6.34. The standard InChI is InChI=1S/C13H8F7NO3S/c1-6-2-8(14)7(9-4-11(24-21-9)13(18,19)20)3-10(6)25(22,23)5-12(15,16)17/h2-4H,5H2,1H3. The lowest BCUT2D eigenvalue weighted by atomic mass is 10.1. The number of aryl methyl sites for hydroxylation is 1. The molecule has 0 amide bonds. The topological polar surface area (TPSA) is 60.2 Å². The summed E-state index contributed by atoms with van der Waals surface area (Å²) in [5.74, 6) is -4.92. The van der Waals surface area contributed by atoms with Crippen LogP contribution in [0.5, 0.6) is 0 Å². The minimum absolute atomic E-state index is 0.313. The predicted molar refractivity (Wildman–Crippen MR) is 69.7 cm³/mol. The van der Waals surface area contributed by atoms with Gasteiger partial charge < -0.3 is 4.52 Å². The van der Waals surface area contributed by atoms with Gasteiger partial charge in [0.25, 0.3) is 0 Å². The van der Waals surface area contributed by atoms with E-state index in [1.807, 2.05) is 0 Å². The molecule has 0 spiro atoms. The van der Waals surface area contributed by atoms with Crippen LogP contribution in [0.4, 0.5) is 30.7 Å². The van der Waals surface area contributed by atoms with Crippen molar-refractivity contribution in [3.63, 3.8) is 0 Å². The number of sulfone groups is 1. The van der Waals surface area contributed by atoms with Crippen molar-refractivity contribution in [1.29, 1.82) is 0 Å². The molecule has 0 fully saturated rings. The van der Waals surface area contributed by atoms with Gasteiger partial charge in [0.15, 0.2) is 15.6 Å². The van der Waals surface area contributed by atoms with Crippen molar-refractivity contribution in [2.75, 3.05) is 5.75 Å². The summed E-state index contributed by atoms with van der Waals surface area (Å²) in [5.41, 5.74) is -1.76. The summed E-state index contributed by atoms with van der Waals surface area (Å²) in [6.07, 6.45) is -9.96. The number of hydrogen-bond acceptors (Lipinski definition) is 4. The summed E-state index contributed by atoms with van der Waals surface area (Å²) in [7, 11) is -4.89. The number of alkyl halides is 6. The largest absolute Gasteiger partial charge is 0.452 e. The molecule has 0 unspecified atom stereocenters. The molecule has 0 N–H and O–H groups in total. The summed E-state index contributed by atoms with van der Waals surface area (Å²) in [5, 5.41) is 2.99. The lowest BCUT2D eigenvalue weighted by molar-refractivity contribution is -0.155. The summed E-state index contributed by atoms with van der Waals surface area (Å²) in [6.45, 7) is 1.06. The zero-order valence-electron chi connectivity index (χ0n) is 12.2. The van der Waals surface area contributed by atoms with Crippen LogP contribution in [0.2, 0.25) is 0 Å². The highest BCUT2D eigenvalue weighted by Crippen LogP contribution is 2.35. The van der Waals surface area contributed by atoms with E-state index >= 15 is 0 Å². The molecule has 2 aromatic rings. The van der Waals surface area contributed by atoms with E-state index in [9.17, 15) is 39.2 Å². The maximum atomic E-state index is 14.0. The van der Waals surface area contributed by atoms with E-state index < -0.39 is 55.7 Å². The van der Waals surface area contributed by atoms with Gasteiger partial charge in [-0.3, -0.25) is 0 Å². The van der Waals surface area contributed by atoms with Crippen molar-refractivity contribution >= 4 is 9.84 Å². The fourth-order valence-corrected chi connectivity index (χ4v) is 3.45. The predicted octanol–water partition coefficient (Wildman–Crippen LogP) is 4.14. The van der Waals surface area contributed by atoms with Crippen LogP contribution in [0.15, 0.2) is 27.6 Å². The third kappa shape index (κ3) is 4.30. The Hall–Kier alpha value is -2.11. The maximum Gasteiger partial charge on any atom is 0.452 e. The molecule has 0 aliphatic heterocycles. The summed E-state index contributed by atoms with van der Waals surface area (Å²) < 4.78 is 116. The Morgan fingerprint density at radius 1 is 1.08 bits per heavy atom. The molecule has 25 heavy (non-hydrogen) atoms. The van der Waals surface area contributed by atoms with Crippen molar-refractivity contribution in [3.05, 3.63) is 35.3 Å². The van der Waals surface area contributed by atoms with Gasteiger partial charge in [-0.1, -0.05) is 5.16 Å². The Labute approximate surface area is 136 Å².